The Morgan fingerprint density at radius 1 is 1.17 bits per heavy atom. The van der Waals surface area contributed by atoms with Crippen LogP contribution in [-0.2, 0) is 4.79 Å². The van der Waals surface area contributed by atoms with Crippen LogP contribution in [0.2, 0.25) is 0 Å². The van der Waals surface area contributed by atoms with Gasteiger partial charge in [-0.2, -0.15) is 0 Å². The van der Waals surface area contributed by atoms with Crippen LogP contribution >= 0.6 is 12.4 Å². The van der Waals surface area contributed by atoms with Crippen molar-refractivity contribution in [3.8, 4) is 0 Å². The summed E-state index contributed by atoms with van der Waals surface area (Å²) in [6.45, 7) is 8.62. The molecule has 0 aliphatic carbocycles. The quantitative estimate of drug-likeness (QED) is 0.797. The van der Waals surface area contributed by atoms with Crippen LogP contribution in [0.15, 0.2) is 0 Å². The van der Waals surface area contributed by atoms with E-state index in [9.17, 15) is 4.79 Å². The molecule has 0 aromatic heterocycles. The number of carbonyl (C=O) groups excluding carboxylic acids is 1. The zero-order valence-electron chi connectivity index (χ0n) is 11.7. The SMILES string of the molecule is CC1(C)CCCN(C(=O)C2CCNCC2)CC1.Cl. The van der Waals surface area contributed by atoms with Crippen LogP contribution in [0.5, 0.6) is 0 Å². The van der Waals surface area contributed by atoms with E-state index in [-0.39, 0.29) is 18.3 Å². The lowest BCUT2D eigenvalue weighted by molar-refractivity contribution is -0.136. The highest BCUT2D eigenvalue weighted by atomic mass is 35.5. The van der Waals surface area contributed by atoms with E-state index in [0.29, 0.717) is 11.3 Å². The molecular formula is C14H27ClN2O. The summed E-state index contributed by atoms with van der Waals surface area (Å²) >= 11 is 0. The third-order valence-corrected chi connectivity index (χ3v) is 4.34. The molecule has 0 radical (unpaired) electrons. The van der Waals surface area contributed by atoms with E-state index in [1.165, 1.54) is 12.8 Å². The van der Waals surface area contributed by atoms with Gasteiger partial charge < -0.3 is 10.2 Å². The summed E-state index contributed by atoms with van der Waals surface area (Å²) in [4.78, 5) is 14.5. The molecule has 2 heterocycles. The number of amides is 1. The number of piperidine rings is 1. The molecule has 2 saturated heterocycles. The molecule has 0 aromatic carbocycles. The second-order valence-corrected chi connectivity index (χ2v) is 6.37. The molecule has 0 saturated carbocycles. The van der Waals surface area contributed by atoms with Gasteiger partial charge in [0.1, 0.15) is 0 Å². The Hall–Kier alpha value is -0.280. The molecule has 18 heavy (non-hydrogen) atoms. The Morgan fingerprint density at radius 2 is 1.83 bits per heavy atom. The Kier molecular flexibility index (Phi) is 5.93. The summed E-state index contributed by atoms with van der Waals surface area (Å²) in [5.74, 6) is 0.710. The zero-order valence-corrected chi connectivity index (χ0v) is 12.5. The van der Waals surface area contributed by atoms with E-state index in [1.807, 2.05) is 0 Å². The third-order valence-electron chi connectivity index (χ3n) is 4.34. The second-order valence-electron chi connectivity index (χ2n) is 6.37. The number of halogens is 1. The van der Waals surface area contributed by atoms with Crippen LogP contribution in [0.3, 0.4) is 0 Å². The summed E-state index contributed by atoms with van der Waals surface area (Å²) in [6.07, 6.45) is 5.63. The van der Waals surface area contributed by atoms with Gasteiger partial charge in [-0.1, -0.05) is 13.8 Å². The first-order valence-electron chi connectivity index (χ1n) is 7.08. The first kappa shape index (κ1) is 15.8. The highest BCUT2D eigenvalue weighted by Crippen LogP contribution is 2.30. The summed E-state index contributed by atoms with van der Waals surface area (Å²) in [5, 5.41) is 3.33. The summed E-state index contributed by atoms with van der Waals surface area (Å²) in [6, 6.07) is 0. The fourth-order valence-corrected chi connectivity index (χ4v) is 2.97. The minimum Gasteiger partial charge on any atom is -0.342 e. The zero-order chi connectivity index (χ0) is 12.3. The number of nitrogens with one attached hydrogen (secondary N) is 1. The molecule has 0 atom stereocenters. The van der Waals surface area contributed by atoms with Crippen molar-refractivity contribution < 1.29 is 4.79 Å². The van der Waals surface area contributed by atoms with Gasteiger partial charge in [0.05, 0.1) is 0 Å². The number of carbonyl (C=O) groups is 1. The van der Waals surface area contributed by atoms with Gasteiger partial charge in [0.15, 0.2) is 0 Å². The van der Waals surface area contributed by atoms with Crippen molar-refractivity contribution in [2.45, 2.75) is 46.0 Å². The first-order valence-corrected chi connectivity index (χ1v) is 7.08. The van der Waals surface area contributed by atoms with Crippen molar-refractivity contribution in [2.24, 2.45) is 11.3 Å². The lowest BCUT2D eigenvalue weighted by Crippen LogP contribution is -2.41. The normalized spacial score (nSPS) is 25.1. The number of hydrogen-bond acceptors (Lipinski definition) is 2. The Bertz CT molecular complexity index is 275. The van der Waals surface area contributed by atoms with E-state index < -0.39 is 0 Å². The Balaban J connectivity index is 0.00000162. The van der Waals surface area contributed by atoms with Crippen molar-refractivity contribution >= 4 is 18.3 Å². The van der Waals surface area contributed by atoms with E-state index in [2.05, 4.69) is 24.1 Å². The second kappa shape index (κ2) is 6.76. The molecule has 0 spiro atoms. The fraction of sp³-hybridized carbons (Fsp3) is 0.929. The molecule has 0 unspecified atom stereocenters. The largest absolute Gasteiger partial charge is 0.342 e. The lowest BCUT2D eigenvalue weighted by Gasteiger charge is -2.29. The molecule has 106 valence electrons. The van der Waals surface area contributed by atoms with Crippen molar-refractivity contribution in [3.05, 3.63) is 0 Å². The van der Waals surface area contributed by atoms with Crippen LogP contribution < -0.4 is 5.32 Å². The predicted molar refractivity (Wildman–Crippen MR) is 77.1 cm³/mol. The average Bonchev–Trinajstić information content (AvgIpc) is 2.50. The molecule has 1 amide bonds. The molecule has 4 heteroatoms. The van der Waals surface area contributed by atoms with E-state index >= 15 is 0 Å². The molecular weight excluding hydrogens is 248 g/mol. The smallest absolute Gasteiger partial charge is 0.225 e. The highest BCUT2D eigenvalue weighted by Gasteiger charge is 2.29. The van der Waals surface area contributed by atoms with Gasteiger partial charge in [-0.05, 0) is 50.6 Å². The van der Waals surface area contributed by atoms with Gasteiger partial charge in [-0.25, -0.2) is 0 Å². The topological polar surface area (TPSA) is 32.3 Å². The minimum atomic E-state index is 0. The van der Waals surface area contributed by atoms with Crippen molar-refractivity contribution in [3.63, 3.8) is 0 Å². The van der Waals surface area contributed by atoms with Crippen LogP contribution in [0.1, 0.15) is 46.0 Å². The van der Waals surface area contributed by atoms with Crippen LogP contribution in [0, 0.1) is 11.3 Å². The monoisotopic (exact) mass is 274 g/mol. The highest BCUT2D eigenvalue weighted by molar-refractivity contribution is 5.85. The van der Waals surface area contributed by atoms with Gasteiger partial charge in [-0.3, -0.25) is 4.79 Å². The van der Waals surface area contributed by atoms with Crippen molar-refractivity contribution in [1.82, 2.24) is 10.2 Å². The summed E-state index contributed by atoms with van der Waals surface area (Å²) in [7, 11) is 0. The maximum atomic E-state index is 12.4. The predicted octanol–water partition coefficient (Wildman–Crippen LogP) is 2.45. The molecule has 0 bridgehead atoms. The van der Waals surface area contributed by atoms with Crippen LogP contribution in [0.4, 0.5) is 0 Å². The van der Waals surface area contributed by atoms with Gasteiger partial charge in [0.2, 0.25) is 5.91 Å². The molecule has 3 nitrogen and oxygen atoms in total. The lowest BCUT2D eigenvalue weighted by atomic mass is 9.85. The number of nitrogens with zero attached hydrogens (tertiary/aromatic N) is 1. The number of rotatable bonds is 1. The Labute approximate surface area is 117 Å². The van der Waals surface area contributed by atoms with Gasteiger partial charge in [-0.15, -0.1) is 12.4 Å². The first-order chi connectivity index (χ1) is 8.08. The molecule has 2 rings (SSSR count). The van der Waals surface area contributed by atoms with Gasteiger partial charge in [0, 0.05) is 19.0 Å². The number of likely N-dealkylation sites (tertiary alicyclic amines) is 1. The van der Waals surface area contributed by atoms with Crippen LogP contribution in [0.25, 0.3) is 0 Å². The van der Waals surface area contributed by atoms with E-state index in [4.69, 9.17) is 0 Å². The molecule has 0 aromatic rings. The molecule has 1 N–H and O–H groups in total. The van der Waals surface area contributed by atoms with E-state index in [0.717, 1.165) is 45.4 Å². The fourth-order valence-electron chi connectivity index (χ4n) is 2.97. The number of hydrogen-bond donors (Lipinski definition) is 1. The maximum Gasteiger partial charge on any atom is 0.225 e. The molecule has 2 aliphatic rings. The maximum absolute atomic E-state index is 12.4. The molecule has 2 fully saturated rings. The molecule has 2 aliphatic heterocycles. The third kappa shape index (κ3) is 4.13. The summed E-state index contributed by atoms with van der Waals surface area (Å²) in [5.41, 5.74) is 0.420. The van der Waals surface area contributed by atoms with Crippen LogP contribution in [-0.4, -0.2) is 37.0 Å². The standard InChI is InChI=1S/C14H26N2O.ClH/c1-14(2)6-3-10-16(11-7-14)13(17)12-4-8-15-9-5-12;/h12,15H,3-11H2,1-2H3;1H. The minimum absolute atomic E-state index is 0. The van der Waals surface area contributed by atoms with Gasteiger partial charge >= 0.3 is 0 Å². The van der Waals surface area contributed by atoms with E-state index in [1.54, 1.807) is 0 Å². The Morgan fingerprint density at radius 3 is 2.50 bits per heavy atom. The summed E-state index contributed by atoms with van der Waals surface area (Å²) < 4.78 is 0. The van der Waals surface area contributed by atoms with Crippen molar-refractivity contribution in [2.75, 3.05) is 26.2 Å². The van der Waals surface area contributed by atoms with Gasteiger partial charge in [0.25, 0.3) is 0 Å². The average molecular weight is 275 g/mol. The van der Waals surface area contributed by atoms with Crippen molar-refractivity contribution in [1.29, 1.82) is 0 Å².